The Morgan fingerprint density at radius 3 is 2.18 bits per heavy atom. The summed E-state index contributed by atoms with van der Waals surface area (Å²) >= 11 is 0. The third-order valence-electron chi connectivity index (χ3n) is 3.66. The van der Waals surface area contributed by atoms with Crippen LogP contribution in [0.5, 0.6) is 0 Å². The first-order chi connectivity index (χ1) is 8.20. The molecule has 2 rings (SSSR count). The molecule has 1 aromatic rings. The van der Waals surface area contributed by atoms with Gasteiger partial charge < -0.3 is 0 Å². The number of hydrogen-bond donors (Lipinski definition) is 0. The van der Waals surface area contributed by atoms with Crippen molar-refractivity contribution in [1.82, 2.24) is 0 Å². The van der Waals surface area contributed by atoms with Crippen LogP contribution in [-0.2, 0) is 6.42 Å². The number of aryl methyl sites for hydroxylation is 1. The Morgan fingerprint density at radius 2 is 1.71 bits per heavy atom. The first-order valence-electron chi connectivity index (χ1n) is 6.69. The largest absolute Gasteiger partial charge is 0.0673 e. The van der Waals surface area contributed by atoms with Crippen molar-refractivity contribution in [2.75, 3.05) is 0 Å². The lowest BCUT2D eigenvalue weighted by atomic mass is 9.88. The summed E-state index contributed by atoms with van der Waals surface area (Å²) in [6.07, 6.45) is 8.16. The molecule has 0 radical (unpaired) electrons. The molecule has 0 fully saturated rings. The van der Waals surface area contributed by atoms with E-state index in [2.05, 4.69) is 57.2 Å². The average molecular weight is 226 g/mol. The number of hydrogen-bond acceptors (Lipinski definition) is 0. The highest BCUT2D eigenvalue weighted by molar-refractivity contribution is 5.69. The molecule has 0 saturated carbocycles. The number of rotatable bonds is 3. The van der Waals surface area contributed by atoms with Gasteiger partial charge in [0.1, 0.15) is 0 Å². The summed E-state index contributed by atoms with van der Waals surface area (Å²) in [6.45, 7) is 6.76. The van der Waals surface area contributed by atoms with E-state index in [0.717, 1.165) is 6.42 Å². The highest BCUT2D eigenvalue weighted by atomic mass is 14.2. The molecule has 0 spiro atoms. The van der Waals surface area contributed by atoms with Crippen molar-refractivity contribution in [3.8, 4) is 0 Å². The monoisotopic (exact) mass is 226 g/mol. The Morgan fingerprint density at radius 1 is 1.00 bits per heavy atom. The molecule has 0 atom stereocenters. The molecule has 90 valence electrons. The van der Waals surface area contributed by atoms with E-state index in [-0.39, 0.29) is 0 Å². The van der Waals surface area contributed by atoms with Crippen LogP contribution < -0.4 is 0 Å². The number of allylic oxidation sites excluding steroid dienone is 4. The zero-order chi connectivity index (χ0) is 12.3. The lowest BCUT2D eigenvalue weighted by molar-refractivity contribution is 0.713. The molecule has 0 unspecified atom stereocenters. The van der Waals surface area contributed by atoms with Crippen LogP contribution in [0.4, 0.5) is 0 Å². The van der Waals surface area contributed by atoms with Gasteiger partial charge in [-0.2, -0.15) is 0 Å². The fraction of sp³-hybridized carbons (Fsp3) is 0.412. The predicted molar refractivity (Wildman–Crippen MR) is 76.0 cm³/mol. The second-order valence-electron chi connectivity index (χ2n) is 5.14. The molecular formula is C17H22. The van der Waals surface area contributed by atoms with Crippen molar-refractivity contribution in [1.29, 1.82) is 0 Å². The minimum atomic E-state index is 0.690. The van der Waals surface area contributed by atoms with Gasteiger partial charge in [-0.05, 0) is 41.9 Å². The fourth-order valence-corrected chi connectivity index (χ4v) is 2.33. The molecule has 0 N–H and O–H groups in total. The molecule has 0 aromatic heterocycles. The Labute approximate surface area is 105 Å². The predicted octanol–water partition coefficient (Wildman–Crippen LogP) is 5.01. The van der Waals surface area contributed by atoms with Crippen LogP contribution >= 0.6 is 0 Å². The SMILES string of the molecule is CCc1ccc(C2=CC=C(C(C)C)CC2)cc1. The summed E-state index contributed by atoms with van der Waals surface area (Å²) in [5.41, 5.74) is 5.88. The van der Waals surface area contributed by atoms with E-state index in [4.69, 9.17) is 0 Å². The highest BCUT2D eigenvalue weighted by Crippen LogP contribution is 2.29. The van der Waals surface area contributed by atoms with Crippen molar-refractivity contribution < 1.29 is 0 Å². The van der Waals surface area contributed by atoms with Crippen LogP contribution in [0.1, 0.15) is 44.7 Å². The summed E-state index contributed by atoms with van der Waals surface area (Å²) in [4.78, 5) is 0. The zero-order valence-electron chi connectivity index (χ0n) is 11.2. The molecule has 0 aliphatic heterocycles. The summed E-state index contributed by atoms with van der Waals surface area (Å²) in [5, 5.41) is 0. The van der Waals surface area contributed by atoms with Crippen molar-refractivity contribution in [3.63, 3.8) is 0 Å². The van der Waals surface area contributed by atoms with Crippen molar-refractivity contribution in [2.24, 2.45) is 5.92 Å². The second kappa shape index (κ2) is 5.35. The minimum absolute atomic E-state index is 0.690. The first-order valence-corrected chi connectivity index (χ1v) is 6.69. The second-order valence-corrected chi connectivity index (χ2v) is 5.14. The normalized spacial score (nSPS) is 15.8. The van der Waals surface area contributed by atoms with Crippen LogP contribution in [0.25, 0.3) is 5.57 Å². The van der Waals surface area contributed by atoms with E-state index < -0.39 is 0 Å². The fourth-order valence-electron chi connectivity index (χ4n) is 2.33. The van der Waals surface area contributed by atoms with E-state index in [9.17, 15) is 0 Å². The average Bonchev–Trinajstić information content (AvgIpc) is 2.39. The quantitative estimate of drug-likeness (QED) is 0.679. The molecule has 1 aliphatic rings. The van der Waals surface area contributed by atoms with Crippen molar-refractivity contribution in [2.45, 2.75) is 40.0 Å². The summed E-state index contributed by atoms with van der Waals surface area (Å²) in [7, 11) is 0. The molecule has 0 nitrogen and oxygen atoms in total. The molecular weight excluding hydrogens is 204 g/mol. The van der Waals surface area contributed by atoms with Gasteiger partial charge in [0, 0.05) is 0 Å². The van der Waals surface area contributed by atoms with Gasteiger partial charge in [-0.1, -0.05) is 62.8 Å². The maximum Gasteiger partial charge on any atom is -0.0224 e. The van der Waals surface area contributed by atoms with Crippen molar-refractivity contribution in [3.05, 3.63) is 53.1 Å². The molecule has 0 saturated heterocycles. The van der Waals surface area contributed by atoms with Crippen LogP contribution in [0.2, 0.25) is 0 Å². The number of benzene rings is 1. The Hall–Kier alpha value is -1.30. The standard InChI is InChI=1S/C17H22/c1-4-14-5-7-16(8-6-14)17-11-9-15(10-12-17)13(2)3/h5-9,11,13H,4,10,12H2,1-3H3. The lowest BCUT2D eigenvalue weighted by Crippen LogP contribution is -1.99. The molecule has 0 amide bonds. The minimum Gasteiger partial charge on any atom is -0.0673 e. The lowest BCUT2D eigenvalue weighted by Gasteiger charge is -2.17. The molecule has 17 heavy (non-hydrogen) atoms. The molecule has 0 bridgehead atoms. The zero-order valence-corrected chi connectivity index (χ0v) is 11.2. The van der Waals surface area contributed by atoms with Crippen LogP contribution in [0.15, 0.2) is 42.0 Å². The maximum absolute atomic E-state index is 2.32. The van der Waals surface area contributed by atoms with Crippen molar-refractivity contribution >= 4 is 5.57 Å². The molecule has 0 heterocycles. The van der Waals surface area contributed by atoms with Gasteiger partial charge in [0.15, 0.2) is 0 Å². The van der Waals surface area contributed by atoms with Gasteiger partial charge in [-0.25, -0.2) is 0 Å². The van der Waals surface area contributed by atoms with Gasteiger partial charge in [-0.15, -0.1) is 0 Å². The molecule has 0 heteroatoms. The van der Waals surface area contributed by atoms with E-state index in [1.807, 2.05) is 0 Å². The Balaban J connectivity index is 2.18. The smallest absolute Gasteiger partial charge is 0.0224 e. The van der Waals surface area contributed by atoms with E-state index in [1.165, 1.54) is 29.5 Å². The Bertz CT molecular complexity index is 430. The van der Waals surface area contributed by atoms with E-state index >= 15 is 0 Å². The van der Waals surface area contributed by atoms with Gasteiger partial charge >= 0.3 is 0 Å². The van der Waals surface area contributed by atoms with Crippen LogP contribution in [0, 0.1) is 5.92 Å². The summed E-state index contributed by atoms with van der Waals surface area (Å²) in [5.74, 6) is 0.690. The third-order valence-corrected chi connectivity index (χ3v) is 3.66. The third kappa shape index (κ3) is 2.88. The van der Waals surface area contributed by atoms with Crippen LogP contribution in [0.3, 0.4) is 0 Å². The van der Waals surface area contributed by atoms with E-state index in [0.29, 0.717) is 5.92 Å². The van der Waals surface area contributed by atoms with E-state index in [1.54, 1.807) is 5.57 Å². The van der Waals surface area contributed by atoms with Crippen LogP contribution in [-0.4, -0.2) is 0 Å². The maximum atomic E-state index is 2.32. The van der Waals surface area contributed by atoms with Gasteiger partial charge in [0.25, 0.3) is 0 Å². The highest BCUT2D eigenvalue weighted by Gasteiger charge is 2.10. The summed E-state index contributed by atoms with van der Waals surface area (Å²) < 4.78 is 0. The van der Waals surface area contributed by atoms with Gasteiger partial charge in [0.2, 0.25) is 0 Å². The first kappa shape index (κ1) is 12.2. The topological polar surface area (TPSA) is 0 Å². The molecule has 1 aromatic carbocycles. The Kier molecular flexibility index (Phi) is 3.83. The summed E-state index contributed by atoms with van der Waals surface area (Å²) in [6, 6.07) is 9.02. The molecule has 1 aliphatic carbocycles. The van der Waals surface area contributed by atoms with Gasteiger partial charge in [0.05, 0.1) is 0 Å². The van der Waals surface area contributed by atoms with Gasteiger partial charge in [-0.3, -0.25) is 0 Å².